The highest BCUT2D eigenvalue weighted by Crippen LogP contribution is 2.44. The van der Waals surface area contributed by atoms with E-state index in [0.717, 1.165) is 5.52 Å². The molecule has 0 fully saturated rings. The van der Waals surface area contributed by atoms with Gasteiger partial charge in [0.2, 0.25) is 0 Å². The SMILES string of the molecule is COC(=O)c1ccc2c(ccn2[Si](C(C)C)(C(C)C)C(C)C)c1F. The van der Waals surface area contributed by atoms with E-state index in [9.17, 15) is 9.18 Å². The highest BCUT2D eigenvalue weighted by atomic mass is 28.3. The molecular formula is C19H28FNO2Si. The Morgan fingerprint density at radius 1 is 1.04 bits per heavy atom. The molecule has 0 amide bonds. The van der Waals surface area contributed by atoms with Crippen LogP contribution in [0.1, 0.15) is 51.9 Å². The van der Waals surface area contributed by atoms with E-state index >= 15 is 0 Å². The molecule has 0 radical (unpaired) electrons. The highest BCUT2D eigenvalue weighted by Gasteiger charge is 2.45. The molecule has 0 aliphatic rings. The molecule has 2 rings (SSSR count). The number of carbonyl (C=O) groups is 1. The Morgan fingerprint density at radius 3 is 2.04 bits per heavy atom. The van der Waals surface area contributed by atoms with Crippen LogP contribution in [0.5, 0.6) is 0 Å². The molecule has 0 unspecified atom stereocenters. The van der Waals surface area contributed by atoms with Gasteiger partial charge in [-0.25, -0.2) is 9.18 Å². The van der Waals surface area contributed by atoms with E-state index < -0.39 is 20.0 Å². The summed E-state index contributed by atoms with van der Waals surface area (Å²) in [5.41, 5.74) is 2.40. The van der Waals surface area contributed by atoms with Gasteiger partial charge in [-0.15, -0.1) is 0 Å². The zero-order valence-electron chi connectivity index (χ0n) is 15.7. The van der Waals surface area contributed by atoms with Crippen molar-refractivity contribution in [3.8, 4) is 0 Å². The molecule has 0 aliphatic carbocycles. The maximum atomic E-state index is 14.8. The topological polar surface area (TPSA) is 31.2 Å². The van der Waals surface area contributed by atoms with Crippen molar-refractivity contribution in [1.82, 2.24) is 4.23 Å². The first-order valence-corrected chi connectivity index (χ1v) is 10.8. The summed E-state index contributed by atoms with van der Waals surface area (Å²) < 4.78 is 21.8. The Bertz CT molecular complexity index is 727. The van der Waals surface area contributed by atoms with Gasteiger partial charge in [0, 0.05) is 10.9 Å². The number of benzene rings is 1. The number of methoxy groups -OCH3 is 1. The lowest BCUT2D eigenvalue weighted by Gasteiger charge is -2.44. The molecule has 0 N–H and O–H groups in total. The van der Waals surface area contributed by atoms with E-state index in [0.29, 0.717) is 22.0 Å². The fourth-order valence-corrected chi connectivity index (χ4v) is 11.2. The van der Waals surface area contributed by atoms with Gasteiger partial charge in [0.25, 0.3) is 0 Å². The summed E-state index contributed by atoms with van der Waals surface area (Å²) in [7, 11) is -0.689. The molecular weight excluding hydrogens is 321 g/mol. The second kappa shape index (κ2) is 6.71. The Labute approximate surface area is 144 Å². The molecule has 1 aromatic heterocycles. The second-order valence-electron chi connectivity index (χ2n) is 7.39. The zero-order valence-corrected chi connectivity index (χ0v) is 16.7. The first kappa shape index (κ1) is 18.7. The largest absolute Gasteiger partial charge is 0.465 e. The van der Waals surface area contributed by atoms with Crippen molar-refractivity contribution in [2.24, 2.45) is 0 Å². The number of esters is 1. The van der Waals surface area contributed by atoms with Gasteiger partial charge in [-0.3, -0.25) is 0 Å². The molecule has 24 heavy (non-hydrogen) atoms. The molecule has 0 saturated heterocycles. The van der Waals surface area contributed by atoms with Crippen LogP contribution in [0.25, 0.3) is 10.9 Å². The molecule has 132 valence electrons. The summed E-state index contributed by atoms with van der Waals surface area (Å²) in [4.78, 5) is 11.7. The minimum Gasteiger partial charge on any atom is -0.465 e. The average molecular weight is 350 g/mol. The van der Waals surface area contributed by atoms with Crippen LogP contribution >= 0.6 is 0 Å². The Kier molecular flexibility index (Phi) is 5.23. The van der Waals surface area contributed by atoms with E-state index in [1.165, 1.54) is 7.11 Å². The third-order valence-electron chi connectivity index (χ3n) is 5.40. The number of ether oxygens (including phenoxy) is 1. The summed E-state index contributed by atoms with van der Waals surface area (Å²) in [6, 6.07) is 5.20. The fourth-order valence-electron chi connectivity index (χ4n) is 4.62. The molecule has 0 bridgehead atoms. The van der Waals surface area contributed by atoms with Crippen LogP contribution in [0, 0.1) is 5.82 Å². The first-order chi connectivity index (χ1) is 11.2. The number of rotatable bonds is 5. The van der Waals surface area contributed by atoms with E-state index in [-0.39, 0.29) is 5.56 Å². The number of hydrogen-bond acceptors (Lipinski definition) is 2. The van der Waals surface area contributed by atoms with Gasteiger partial charge >= 0.3 is 5.97 Å². The molecule has 3 nitrogen and oxygen atoms in total. The molecule has 2 aromatic rings. The predicted octanol–water partition coefficient (Wildman–Crippen LogP) is 5.59. The molecule has 0 spiro atoms. The smallest absolute Gasteiger partial charge is 0.340 e. The Balaban J connectivity index is 2.78. The summed E-state index contributed by atoms with van der Waals surface area (Å²) >= 11 is 0. The van der Waals surface area contributed by atoms with Crippen molar-refractivity contribution < 1.29 is 13.9 Å². The highest BCUT2D eigenvalue weighted by molar-refractivity contribution is 6.82. The minimum absolute atomic E-state index is 0.00587. The molecule has 5 heteroatoms. The summed E-state index contributed by atoms with van der Waals surface area (Å²) in [6.45, 7) is 13.7. The molecule has 1 aromatic carbocycles. The van der Waals surface area contributed by atoms with Crippen LogP contribution in [0.2, 0.25) is 16.6 Å². The number of carbonyl (C=O) groups excluding carboxylic acids is 1. The standard InChI is InChI=1S/C19H28FNO2Si/c1-12(2)24(13(3)4,14(5)6)21-11-10-15-17(21)9-8-16(18(15)20)19(22)23-7/h8-14H,1-7H3. The predicted molar refractivity (Wildman–Crippen MR) is 99.7 cm³/mol. The lowest BCUT2D eigenvalue weighted by Crippen LogP contribution is -2.51. The van der Waals surface area contributed by atoms with Gasteiger partial charge in [0.05, 0.1) is 12.7 Å². The van der Waals surface area contributed by atoms with Gasteiger partial charge in [-0.05, 0) is 41.0 Å². The van der Waals surface area contributed by atoms with Gasteiger partial charge in [-0.1, -0.05) is 41.5 Å². The van der Waals surface area contributed by atoms with Crippen molar-refractivity contribution in [1.29, 1.82) is 0 Å². The molecule has 0 saturated carbocycles. The van der Waals surface area contributed by atoms with Crippen molar-refractivity contribution in [2.75, 3.05) is 7.11 Å². The third kappa shape index (κ3) is 2.59. The second-order valence-corrected chi connectivity index (χ2v) is 13.1. The monoisotopic (exact) mass is 349 g/mol. The van der Waals surface area contributed by atoms with Crippen LogP contribution in [0.15, 0.2) is 24.4 Å². The van der Waals surface area contributed by atoms with E-state index in [4.69, 9.17) is 0 Å². The van der Waals surface area contributed by atoms with Crippen LogP contribution in [0.3, 0.4) is 0 Å². The van der Waals surface area contributed by atoms with E-state index in [2.05, 4.69) is 50.5 Å². The number of fused-ring (bicyclic) bond motifs is 1. The van der Waals surface area contributed by atoms with Crippen molar-refractivity contribution in [3.63, 3.8) is 0 Å². The van der Waals surface area contributed by atoms with Gasteiger partial charge in [0.1, 0.15) is 5.82 Å². The van der Waals surface area contributed by atoms with Crippen molar-refractivity contribution in [3.05, 3.63) is 35.8 Å². The number of aromatic nitrogens is 1. The third-order valence-corrected chi connectivity index (χ3v) is 12.2. The summed E-state index contributed by atoms with van der Waals surface area (Å²) in [5, 5.41) is 0.497. The lowest BCUT2D eigenvalue weighted by molar-refractivity contribution is 0.0596. The quantitative estimate of drug-likeness (QED) is 0.520. The Hall–Kier alpha value is -1.62. The van der Waals surface area contributed by atoms with Gasteiger partial charge in [-0.2, -0.15) is 0 Å². The van der Waals surface area contributed by atoms with Gasteiger partial charge < -0.3 is 8.97 Å². The fraction of sp³-hybridized carbons (Fsp3) is 0.526. The van der Waals surface area contributed by atoms with E-state index in [1.54, 1.807) is 12.1 Å². The van der Waals surface area contributed by atoms with Crippen molar-refractivity contribution in [2.45, 2.75) is 58.2 Å². The maximum Gasteiger partial charge on any atom is 0.340 e. The van der Waals surface area contributed by atoms with Crippen LogP contribution in [-0.2, 0) is 4.74 Å². The molecule has 1 heterocycles. The number of hydrogen-bond donors (Lipinski definition) is 0. The van der Waals surface area contributed by atoms with E-state index in [1.807, 2.05) is 12.3 Å². The summed E-state index contributed by atoms with van der Waals surface area (Å²) in [5.74, 6) is -1.13. The van der Waals surface area contributed by atoms with Crippen LogP contribution in [-0.4, -0.2) is 25.5 Å². The normalized spacial score (nSPS) is 12.6. The Morgan fingerprint density at radius 2 is 1.58 bits per heavy atom. The zero-order chi connectivity index (χ0) is 18.2. The number of halogens is 1. The molecule has 0 aliphatic heterocycles. The lowest BCUT2D eigenvalue weighted by atomic mass is 10.1. The average Bonchev–Trinajstić information content (AvgIpc) is 2.91. The van der Waals surface area contributed by atoms with Crippen LogP contribution < -0.4 is 0 Å². The van der Waals surface area contributed by atoms with Gasteiger partial charge in [0.15, 0.2) is 8.24 Å². The first-order valence-electron chi connectivity index (χ1n) is 8.57. The molecule has 0 atom stereocenters. The van der Waals surface area contributed by atoms with Crippen molar-refractivity contribution >= 4 is 25.1 Å². The number of nitrogens with zero attached hydrogens (tertiary/aromatic N) is 1. The van der Waals surface area contributed by atoms with Crippen LogP contribution in [0.4, 0.5) is 4.39 Å². The maximum absolute atomic E-state index is 14.8. The summed E-state index contributed by atoms with van der Waals surface area (Å²) in [6.07, 6.45) is 2.01. The minimum atomic E-state index is -1.96.